The molecule has 2 aliphatic carbocycles. The van der Waals surface area contributed by atoms with E-state index in [0.29, 0.717) is 25.3 Å². The molecule has 2 saturated heterocycles. The summed E-state index contributed by atoms with van der Waals surface area (Å²) in [7, 11) is 1.38. The Balaban J connectivity index is 1.35. The summed E-state index contributed by atoms with van der Waals surface area (Å²) in [6.07, 6.45) is 1.10. The number of rotatable bonds is 3. The third-order valence-corrected chi connectivity index (χ3v) is 9.65. The second-order valence-electron chi connectivity index (χ2n) is 10.8. The molecule has 8 heteroatoms. The zero-order chi connectivity index (χ0) is 25.5. The van der Waals surface area contributed by atoms with Gasteiger partial charge in [-0.05, 0) is 29.5 Å². The zero-order valence-electron chi connectivity index (χ0n) is 20.5. The Labute approximate surface area is 214 Å². The Morgan fingerprint density at radius 3 is 2.65 bits per heavy atom. The summed E-state index contributed by atoms with van der Waals surface area (Å²) >= 11 is 0. The van der Waals surface area contributed by atoms with Crippen LogP contribution in [0.5, 0.6) is 0 Å². The molecule has 4 fully saturated rings. The molecule has 1 unspecified atom stereocenters. The Kier molecular flexibility index (Phi) is 4.68. The predicted molar refractivity (Wildman–Crippen MR) is 133 cm³/mol. The van der Waals surface area contributed by atoms with E-state index >= 15 is 0 Å². The third-order valence-electron chi connectivity index (χ3n) is 9.65. The summed E-state index contributed by atoms with van der Waals surface area (Å²) in [5.74, 6) is -0.297. The maximum Gasteiger partial charge on any atom is 0.421 e. The largest absolute Gasteiger partial charge is 0.453 e. The molecule has 2 saturated carbocycles. The van der Waals surface area contributed by atoms with E-state index in [0.717, 1.165) is 11.1 Å². The highest BCUT2D eigenvalue weighted by atomic mass is 16.6. The number of para-hydroxylation sites is 1. The fraction of sp³-hybridized carbons (Fsp3) is 0.414. The first-order valence-electron chi connectivity index (χ1n) is 12.7. The molecule has 2 aromatic rings. The number of piperidine rings is 1. The minimum atomic E-state index is -1.13. The number of carbonyl (C=O) groups excluding carboxylic acids is 3. The van der Waals surface area contributed by atoms with E-state index in [2.05, 4.69) is 6.58 Å². The lowest BCUT2D eigenvalue weighted by Gasteiger charge is -2.54. The van der Waals surface area contributed by atoms with E-state index in [1.54, 1.807) is 11.0 Å². The fourth-order valence-electron chi connectivity index (χ4n) is 8.46. The van der Waals surface area contributed by atoms with Crippen LogP contribution in [-0.2, 0) is 31.0 Å². The molecular formula is C29H28N2O6. The average Bonchev–Trinajstić information content (AvgIpc) is 3.45. The van der Waals surface area contributed by atoms with E-state index in [-0.39, 0.29) is 36.3 Å². The standard InChI is InChI=1S/C29H28N2O6/c1-3-28-16-30(26(33)35-2)23-18-15-36-22(13-20(18)28)29(24(23)28)19-11-7-8-12-21(19)31(25(29)32)27(34)37-14-17-9-5-4-6-10-17/h3-12,18,20,22-24H,1,13-16H2,2H3/t18-,20+,22+,23+,24-,28?,29-/m0/s1. The smallest absolute Gasteiger partial charge is 0.421 e. The van der Waals surface area contributed by atoms with Crippen molar-refractivity contribution in [3.05, 3.63) is 78.4 Å². The lowest BCUT2D eigenvalue weighted by Crippen LogP contribution is -2.63. The van der Waals surface area contributed by atoms with Crippen LogP contribution in [0.1, 0.15) is 17.5 Å². The highest BCUT2D eigenvalue weighted by Crippen LogP contribution is 2.74. The van der Waals surface area contributed by atoms with Crippen LogP contribution in [0, 0.1) is 23.2 Å². The van der Waals surface area contributed by atoms with Crippen molar-refractivity contribution in [2.24, 2.45) is 23.2 Å². The first-order valence-corrected chi connectivity index (χ1v) is 12.7. The number of imide groups is 1. The molecule has 5 bridgehead atoms. The molecule has 37 heavy (non-hydrogen) atoms. The maximum atomic E-state index is 14.7. The molecule has 3 aliphatic heterocycles. The number of anilines is 1. The number of fused-ring (bicyclic) bond motifs is 5. The normalized spacial score (nSPS) is 36.1. The number of likely N-dealkylation sites (tertiary alicyclic amines) is 1. The van der Waals surface area contributed by atoms with Gasteiger partial charge in [0.1, 0.15) is 12.0 Å². The van der Waals surface area contributed by atoms with Gasteiger partial charge in [0, 0.05) is 29.8 Å². The predicted octanol–water partition coefficient (Wildman–Crippen LogP) is 3.90. The van der Waals surface area contributed by atoms with Crippen LogP contribution >= 0.6 is 0 Å². The number of benzene rings is 2. The van der Waals surface area contributed by atoms with Crippen molar-refractivity contribution in [2.45, 2.75) is 30.6 Å². The number of hydrogen-bond donors (Lipinski definition) is 0. The minimum absolute atomic E-state index is 0.0570. The summed E-state index contributed by atoms with van der Waals surface area (Å²) in [6, 6.07) is 16.5. The van der Waals surface area contributed by atoms with Gasteiger partial charge in [-0.1, -0.05) is 54.6 Å². The van der Waals surface area contributed by atoms with Crippen molar-refractivity contribution >= 4 is 23.8 Å². The number of carbonyl (C=O) groups is 3. The quantitative estimate of drug-likeness (QED) is 0.595. The number of methoxy groups -OCH3 is 1. The van der Waals surface area contributed by atoms with E-state index in [1.807, 2.05) is 54.6 Å². The minimum Gasteiger partial charge on any atom is -0.453 e. The fourth-order valence-corrected chi connectivity index (χ4v) is 8.46. The Morgan fingerprint density at radius 1 is 1.14 bits per heavy atom. The van der Waals surface area contributed by atoms with Gasteiger partial charge in [-0.15, -0.1) is 6.58 Å². The van der Waals surface area contributed by atoms with Crippen molar-refractivity contribution < 1.29 is 28.6 Å². The van der Waals surface area contributed by atoms with Crippen molar-refractivity contribution in [2.75, 3.05) is 25.2 Å². The Morgan fingerprint density at radius 2 is 1.89 bits per heavy atom. The van der Waals surface area contributed by atoms with Gasteiger partial charge in [0.15, 0.2) is 0 Å². The Bertz CT molecular complexity index is 1330. The highest BCUT2D eigenvalue weighted by Gasteiger charge is 2.82. The van der Waals surface area contributed by atoms with Crippen LogP contribution in [0.15, 0.2) is 67.3 Å². The van der Waals surface area contributed by atoms with Gasteiger partial charge in [0.2, 0.25) is 5.91 Å². The first-order chi connectivity index (χ1) is 18.0. The molecule has 190 valence electrons. The Hall–Kier alpha value is -3.65. The molecule has 5 aliphatic rings. The van der Waals surface area contributed by atoms with Gasteiger partial charge < -0.3 is 19.1 Å². The maximum absolute atomic E-state index is 14.7. The monoisotopic (exact) mass is 500 g/mol. The molecule has 7 rings (SSSR count). The molecule has 3 amide bonds. The van der Waals surface area contributed by atoms with Crippen molar-refractivity contribution in [1.29, 1.82) is 0 Å². The average molecular weight is 501 g/mol. The molecule has 8 nitrogen and oxygen atoms in total. The summed E-state index contributed by atoms with van der Waals surface area (Å²) < 4.78 is 17.2. The molecular weight excluding hydrogens is 472 g/mol. The molecule has 0 aromatic heterocycles. The summed E-state index contributed by atoms with van der Waals surface area (Å²) in [5, 5.41) is 0. The molecule has 2 aromatic carbocycles. The lowest BCUT2D eigenvalue weighted by atomic mass is 9.51. The van der Waals surface area contributed by atoms with Gasteiger partial charge in [0.25, 0.3) is 0 Å². The molecule has 3 heterocycles. The van der Waals surface area contributed by atoms with Crippen molar-refractivity contribution in [3.8, 4) is 0 Å². The number of ether oxygens (including phenoxy) is 3. The number of nitrogens with zero attached hydrogens (tertiary/aromatic N) is 2. The SMILES string of the molecule is C=CC12CN(C(=O)OC)[C@@H]3[C@H]4CO[C@H](C[C@H]41)[C@]1(C(=O)N(C(=O)OCc4ccccc4)c4ccccc41)[C@@H]32. The van der Waals surface area contributed by atoms with E-state index in [4.69, 9.17) is 14.2 Å². The van der Waals surface area contributed by atoms with Gasteiger partial charge in [-0.25, -0.2) is 14.5 Å². The first kappa shape index (κ1) is 22.5. The van der Waals surface area contributed by atoms with E-state index < -0.39 is 29.1 Å². The summed E-state index contributed by atoms with van der Waals surface area (Å²) in [5.41, 5.74) is 0.505. The molecule has 0 N–H and O–H groups in total. The van der Waals surface area contributed by atoms with Gasteiger partial charge >= 0.3 is 12.2 Å². The molecule has 1 spiro atoms. The van der Waals surface area contributed by atoms with Crippen LogP contribution in [0.2, 0.25) is 0 Å². The highest BCUT2D eigenvalue weighted by molar-refractivity contribution is 6.22. The van der Waals surface area contributed by atoms with Gasteiger partial charge in [-0.2, -0.15) is 0 Å². The number of hydrogen-bond acceptors (Lipinski definition) is 6. The van der Waals surface area contributed by atoms with Crippen LogP contribution in [-0.4, -0.2) is 55.4 Å². The topological polar surface area (TPSA) is 85.4 Å². The van der Waals surface area contributed by atoms with Crippen LogP contribution < -0.4 is 4.90 Å². The van der Waals surface area contributed by atoms with Crippen molar-refractivity contribution in [3.63, 3.8) is 0 Å². The van der Waals surface area contributed by atoms with Crippen LogP contribution in [0.25, 0.3) is 0 Å². The molecule has 7 atom stereocenters. The zero-order valence-corrected chi connectivity index (χ0v) is 20.5. The van der Waals surface area contributed by atoms with E-state index in [1.165, 1.54) is 12.0 Å². The lowest BCUT2D eigenvalue weighted by molar-refractivity contribution is -0.155. The van der Waals surface area contributed by atoms with E-state index in [9.17, 15) is 14.4 Å². The van der Waals surface area contributed by atoms with Gasteiger partial charge in [-0.3, -0.25) is 4.79 Å². The van der Waals surface area contributed by atoms with Crippen molar-refractivity contribution in [1.82, 2.24) is 4.90 Å². The second kappa shape index (κ2) is 7.68. The third kappa shape index (κ3) is 2.59. The summed E-state index contributed by atoms with van der Waals surface area (Å²) in [4.78, 5) is 44.0. The van der Waals surface area contributed by atoms with Gasteiger partial charge in [0.05, 0.1) is 25.5 Å². The summed E-state index contributed by atoms with van der Waals surface area (Å²) in [6.45, 7) is 5.17. The number of amides is 3. The molecule has 0 radical (unpaired) electrons. The van der Waals surface area contributed by atoms with Crippen LogP contribution in [0.3, 0.4) is 0 Å². The second-order valence-corrected chi connectivity index (χ2v) is 10.8. The van der Waals surface area contributed by atoms with Crippen LogP contribution in [0.4, 0.5) is 15.3 Å².